The summed E-state index contributed by atoms with van der Waals surface area (Å²) in [6.07, 6.45) is -0.835. The highest BCUT2D eigenvalue weighted by atomic mass is 79.9. The zero-order valence-electron chi connectivity index (χ0n) is 9.71. The van der Waals surface area contributed by atoms with Crippen molar-refractivity contribution in [2.75, 3.05) is 0 Å². The summed E-state index contributed by atoms with van der Waals surface area (Å²) in [7, 11) is 0. The van der Waals surface area contributed by atoms with E-state index in [-0.39, 0.29) is 6.42 Å². The highest BCUT2D eigenvalue weighted by Gasteiger charge is 2.13. The van der Waals surface area contributed by atoms with Crippen molar-refractivity contribution in [3.63, 3.8) is 0 Å². The third-order valence-corrected chi connectivity index (χ3v) is 3.52. The van der Waals surface area contributed by atoms with Gasteiger partial charge in [-0.1, -0.05) is 27.5 Å². The second-order valence-electron chi connectivity index (χ2n) is 4.16. The Hall–Kier alpha value is -0.970. The number of aliphatic hydroxyl groups is 1. The molecule has 0 fully saturated rings. The Morgan fingerprint density at radius 2 is 1.84 bits per heavy atom. The number of hydrogen-bond acceptors (Lipinski definition) is 1. The maximum Gasteiger partial charge on any atom is 0.124 e. The van der Waals surface area contributed by atoms with E-state index in [9.17, 15) is 13.9 Å². The second-order valence-corrected chi connectivity index (χ2v) is 5.48. The smallest absolute Gasteiger partial charge is 0.124 e. The van der Waals surface area contributed by atoms with Gasteiger partial charge in [0.1, 0.15) is 11.6 Å². The SMILES string of the molecule is OC(Cc1cc(F)ccc1Cl)c1cc(F)cc(Br)c1. The van der Waals surface area contributed by atoms with Crippen LogP contribution in [0, 0.1) is 11.6 Å². The molecule has 2 aromatic rings. The normalized spacial score (nSPS) is 12.5. The molecular weight excluding hydrogens is 338 g/mol. The summed E-state index contributed by atoms with van der Waals surface area (Å²) in [5.74, 6) is -0.874. The monoisotopic (exact) mass is 346 g/mol. The van der Waals surface area contributed by atoms with E-state index in [1.54, 1.807) is 6.07 Å². The van der Waals surface area contributed by atoms with Gasteiger partial charge in [-0.25, -0.2) is 8.78 Å². The molecule has 2 rings (SSSR count). The van der Waals surface area contributed by atoms with Crippen molar-refractivity contribution < 1.29 is 13.9 Å². The Balaban J connectivity index is 2.25. The van der Waals surface area contributed by atoms with Gasteiger partial charge in [-0.15, -0.1) is 0 Å². The van der Waals surface area contributed by atoms with E-state index in [2.05, 4.69) is 15.9 Å². The van der Waals surface area contributed by atoms with Crippen LogP contribution in [-0.2, 0) is 6.42 Å². The molecule has 1 atom stereocenters. The van der Waals surface area contributed by atoms with Crippen molar-refractivity contribution in [3.8, 4) is 0 Å². The van der Waals surface area contributed by atoms with Crippen LogP contribution in [0.5, 0.6) is 0 Å². The Bertz CT molecular complexity index is 584. The van der Waals surface area contributed by atoms with Crippen molar-refractivity contribution in [2.45, 2.75) is 12.5 Å². The van der Waals surface area contributed by atoms with Gasteiger partial charge in [-0.2, -0.15) is 0 Å². The van der Waals surface area contributed by atoms with Crippen molar-refractivity contribution >= 4 is 27.5 Å². The lowest BCUT2D eigenvalue weighted by atomic mass is 10.0. The van der Waals surface area contributed by atoms with Crippen molar-refractivity contribution in [2.24, 2.45) is 0 Å². The minimum atomic E-state index is -0.953. The third-order valence-electron chi connectivity index (χ3n) is 2.69. The van der Waals surface area contributed by atoms with Gasteiger partial charge in [0.25, 0.3) is 0 Å². The van der Waals surface area contributed by atoms with Crippen LogP contribution in [0.4, 0.5) is 8.78 Å². The van der Waals surface area contributed by atoms with Gasteiger partial charge in [0.2, 0.25) is 0 Å². The summed E-state index contributed by atoms with van der Waals surface area (Å²) >= 11 is 9.08. The molecule has 1 N–H and O–H groups in total. The fourth-order valence-corrected chi connectivity index (χ4v) is 2.47. The topological polar surface area (TPSA) is 20.2 Å². The molecule has 0 radical (unpaired) electrons. The average molecular weight is 348 g/mol. The van der Waals surface area contributed by atoms with Gasteiger partial charge in [0.15, 0.2) is 0 Å². The molecule has 2 aromatic carbocycles. The first-order valence-electron chi connectivity index (χ1n) is 5.53. The maximum atomic E-state index is 13.2. The van der Waals surface area contributed by atoms with E-state index in [1.165, 1.54) is 30.3 Å². The van der Waals surface area contributed by atoms with E-state index in [0.29, 0.717) is 20.6 Å². The molecule has 0 amide bonds. The zero-order valence-corrected chi connectivity index (χ0v) is 12.0. The van der Waals surface area contributed by atoms with Crippen LogP contribution in [-0.4, -0.2) is 5.11 Å². The molecule has 0 aromatic heterocycles. The molecular formula is C14H10BrClF2O. The summed E-state index contributed by atoms with van der Waals surface area (Å²) in [5, 5.41) is 10.4. The Labute approximate surface area is 123 Å². The van der Waals surface area contributed by atoms with Crippen LogP contribution < -0.4 is 0 Å². The van der Waals surface area contributed by atoms with Crippen molar-refractivity contribution in [3.05, 3.63) is 68.7 Å². The lowest BCUT2D eigenvalue weighted by Gasteiger charge is -2.13. The fourth-order valence-electron chi connectivity index (χ4n) is 1.79. The molecule has 1 unspecified atom stereocenters. The molecule has 0 aliphatic rings. The van der Waals surface area contributed by atoms with Crippen molar-refractivity contribution in [1.82, 2.24) is 0 Å². The lowest BCUT2D eigenvalue weighted by molar-refractivity contribution is 0.178. The van der Waals surface area contributed by atoms with Crippen LogP contribution in [0.15, 0.2) is 40.9 Å². The van der Waals surface area contributed by atoms with Crippen LogP contribution in [0.2, 0.25) is 5.02 Å². The van der Waals surface area contributed by atoms with Gasteiger partial charge < -0.3 is 5.11 Å². The molecule has 0 heterocycles. The number of rotatable bonds is 3. The molecule has 0 aliphatic carbocycles. The van der Waals surface area contributed by atoms with Crippen LogP contribution >= 0.6 is 27.5 Å². The number of hydrogen-bond donors (Lipinski definition) is 1. The Morgan fingerprint density at radius 3 is 2.53 bits per heavy atom. The molecule has 0 spiro atoms. The average Bonchev–Trinajstić information content (AvgIpc) is 2.32. The lowest BCUT2D eigenvalue weighted by Crippen LogP contribution is -2.03. The zero-order chi connectivity index (χ0) is 14.0. The molecule has 0 saturated carbocycles. The van der Waals surface area contributed by atoms with Gasteiger partial charge in [-0.05, 0) is 47.5 Å². The highest BCUT2D eigenvalue weighted by Crippen LogP contribution is 2.26. The Kier molecular flexibility index (Phi) is 4.55. The first kappa shape index (κ1) is 14.4. The predicted octanol–water partition coefficient (Wildman–Crippen LogP) is 4.66. The standard InChI is InChI=1S/C14H10BrClF2O/c15-10-3-9(5-12(18)7-10)14(19)6-8-4-11(17)1-2-13(8)16/h1-5,7,14,19H,6H2. The minimum Gasteiger partial charge on any atom is -0.388 e. The van der Waals surface area contributed by atoms with E-state index < -0.39 is 17.7 Å². The highest BCUT2D eigenvalue weighted by molar-refractivity contribution is 9.10. The van der Waals surface area contributed by atoms with E-state index in [4.69, 9.17) is 11.6 Å². The van der Waals surface area contributed by atoms with Gasteiger partial charge in [0, 0.05) is 15.9 Å². The minimum absolute atomic E-state index is 0.118. The van der Waals surface area contributed by atoms with Gasteiger partial charge in [-0.3, -0.25) is 0 Å². The summed E-state index contributed by atoms with van der Waals surface area (Å²) < 4.78 is 26.9. The quantitative estimate of drug-likeness (QED) is 0.856. The van der Waals surface area contributed by atoms with E-state index in [1.807, 2.05) is 0 Å². The maximum absolute atomic E-state index is 13.2. The summed E-state index contributed by atoms with van der Waals surface area (Å²) in [6.45, 7) is 0. The molecule has 0 aliphatic heterocycles. The first-order chi connectivity index (χ1) is 8.95. The third kappa shape index (κ3) is 3.75. The number of benzene rings is 2. The molecule has 19 heavy (non-hydrogen) atoms. The largest absolute Gasteiger partial charge is 0.388 e. The number of aliphatic hydroxyl groups excluding tert-OH is 1. The summed E-state index contributed by atoms with van der Waals surface area (Å²) in [4.78, 5) is 0. The summed E-state index contributed by atoms with van der Waals surface area (Å²) in [5.41, 5.74) is 0.891. The second kappa shape index (κ2) is 5.99. The summed E-state index contributed by atoms with van der Waals surface area (Å²) in [6, 6.07) is 8.09. The van der Waals surface area contributed by atoms with Gasteiger partial charge in [0.05, 0.1) is 6.10 Å². The van der Waals surface area contributed by atoms with Crippen LogP contribution in [0.25, 0.3) is 0 Å². The van der Waals surface area contributed by atoms with Crippen LogP contribution in [0.3, 0.4) is 0 Å². The molecule has 0 saturated heterocycles. The van der Waals surface area contributed by atoms with Crippen LogP contribution in [0.1, 0.15) is 17.2 Å². The number of halogens is 4. The van der Waals surface area contributed by atoms with E-state index >= 15 is 0 Å². The molecule has 1 nitrogen and oxygen atoms in total. The Morgan fingerprint density at radius 1 is 1.11 bits per heavy atom. The molecule has 5 heteroatoms. The predicted molar refractivity (Wildman–Crippen MR) is 74.2 cm³/mol. The first-order valence-corrected chi connectivity index (χ1v) is 6.71. The van der Waals surface area contributed by atoms with Gasteiger partial charge >= 0.3 is 0 Å². The molecule has 100 valence electrons. The van der Waals surface area contributed by atoms with E-state index in [0.717, 1.165) is 0 Å². The fraction of sp³-hybridized carbons (Fsp3) is 0.143. The molecule has 0 bridgehead atoms. The van der Waals surface area contributed by atoms with Crippen molar-refractivity contribution in [1.29, 1.82) is 0 Å².